The maximum atomic E-state index is 12.8. The van der Waals surface area contributed by atoms with E-state index in [4.69, 9.17) is 9.47 Å². The van der Waals surface area contributed by atoms with Gasteiger partial charge in [0, 0.05) is 29.6 Å². The van der Waals surface area contributed by atoms with Gasteiger partial charge in [0.05, 0.1) is 12.2 Å². The van der Waals surface area contributed by atoms with E-state index in [1.165, 1.54) is 0 Å². The number of hydrogen-bond acceptors (Lipinski definition) is 4. The van der Waals surface area contributed by atoms with Crippen LogP contribution in [-0.4, -0.2) is 29.6 Å². The van der Waals surface area contributed by atoms with E-state index < -0.39 is 16.6 Å². The molecule has 4 heteroatoms. The molecular weight excluding hydrogens is 280 g/mol. The monoisotopic (exact) mass is 306 g/mol. The molecule has 0 aromatic rings. The normalized spacial score (nSPS) is 47.0. The molecule has 2 aliphatic carbocycles. The van der Waals surface area contributed by atoms with E-state index in [1.54, 1.807) is 6.08 Å². The summed E-state index contributed by atoms with van der Waals surface area (Å²) in [6.45, 7) is 11.6. The molecular formula is C18H26O4. The average Bonchev–Trinajstić information content (AvgIpc) is 2.69. The van der Waals surface area contributed by atoms with Gasteiger partial charge in [-0.2, -0.15) is 0 Å². The van der Waals surface area contributed by atoms with E-state index in [1.807, 2.05) is 27.7 Å². The molecule has 0 amide bonds. The third-order valence-corrected chi connectivity index (χ3v) is 6.02. The van der Waals surface area contributed by atoms with Gasteiger partial charge in [0.25, 0.3) is 0 Å². The van der Waals surface area contributed by atoms with E-state index in [-0.39, 0.29) is 29.7 Å². The quantitative estimate of drug-likeness (QED) is 0.736. The van der Waals surface area contributed by atoms with Gasteiger partial charge in [-0.1, -0.05) is 19.9 Å². The molecule has 0 N–H and O–H groups in total. The fraction of sp³-hybridized carbons (Fsp3) is 0.778. The molecule has 0 unspecified atom stereocenters. The van der Waals surface area contributed by atoms with E-state index in [0.717, 1.165) is 0 Å². The van der Waals surface area contributed by atoms with Crippen LogP contribution in [-0.2, 0) is 19.1 Å². The van der Waals surface area contributed by atoms with Crippen molar-refractivity contribution in [2.45, 2.75) is 71.4 Å². The smallest absolute Gasteiger partial charge is 0.163 e. The van der Waals surface area contributed by atoms with E-state index in [0.29, 0.717) is 25.7 Å². The summed E-state index contributed by atoms with van der Waals surface area (Å²) in [5.74, 6) is -0.414. The number of hydrogen-bond donors (Lipinski definition) is 0. The summed E-state index contributed by atoms with van der Waals surface area (Å²) < 4.78 is 12.1. The Bertz CT molecular complexity index is 537. The minimum Gasteiger partial charge on any atom is -0.344 e. The summed E-state index contributed by atoms with van der Waals surface area (Å²) in [4.78, 5) is 25.5. The van der Waals surface area contributed by atoms with Gasteiger partial charge in [0.15, 0.2) is 5.79 Å². The zero-order valence-electron chi connectivity index (χ0n) is 14.0. The number of allylic oxidation sites excluding steroid dienone is 1. The molecule has 1 heterocycles. The van der Waals surface area contributed by atoms with Crippen LogP contribution in [0.5, 0.6) is 0 Å². The first kappa shape index (κ1) is 15.9. The van der Waals surface area contributed by atoms with Crippen molar-refractivity contribution in [1.82, 2.24) is 0 Å². The number of fused-ring (bicyclic) bond motifs is 3. The molecule has 0 spiro atoms. The van der Waals surface area contributed by atoms with Gasteiger partial charge < -0.3 is 9.47 Å². The number of ether oxygens (including phenoxy) is 2. The summed E-state index contributed by atoms with van der Waals surface area (Å²) in [6.07, 6.45) is 3.40. The second-order valence-electron chi connectivity index (χ2n) is 7.99. The van der Waals surface area contributed by atoms with Crippen LogP contribution in [0.25, 0.3) is 0 Å². The Morgan fingerprint density at radius 2 is 1.86 bits per heavy atom. The Morgan fingerprint density at radius 1 is 1.18 bits per heavy atom. The molecule has 4 nitrogen and oxygen atoms in total. The first-order valence-electron chi connectivity index (χ1n) is 8.17. The topological polar surface area (TPSA) is 52.6 Å². The number of ketones is 2. The van der Waals surface area contributed by atoms with Gasteiger partial charge in [-0.3, -0.25) is 9.59 Å². The molecule has 5 atom stereocenters. The van der Waals surface area contributed by atoms with E-state index >= 15 is 0 Å². The predicted octanol–water partition coefficient (Wildman–Crippen LogP) is 3.05. The van der Waals surface area contributed by atoms with Crippen molar-refractivity contribution < 1.29 is 19.1 Å². The summed E-state index contributed by atoms with van der Waals surface area (Å²) >= 11 is 0. The van der Waals surface area contributed by atoms with Crippen LogP contribution in [0.3, 0.4) is 0 Å². The van der Waals surface area contributed by atoms with Crippen molar-refractivity contribution in [3.63, 3.8) is 0 Å². The van der Waals surface area contributed by atoms with E-state index in [9.17, 15) is 9.59 Å². The van der Waals surface area contributed by atoms with Crippen LogP contribution in [0.2, 0.25) is 0 Å². The van der Waals surface area contributed by atoms with Gasteiger partial charge in [0.2, 0.25) is 0 Å². The lowest BCUT2D eigenvalue weighted by atomic mass is 9.48. The van der Waals surface area contributed by atoms with Crippen LogP contribution in [0.15, 0.2) is 12.7 Å². The summed E-state index contributed by atoms with van der Waals surface area (Å²) in [7, 11) is 0. The van der Waals surface area contributed by atoms with Crippen LogP contribution in [0.4, 0.5) is 0 Å². The summed E-state index contributed by atoms with van der Waals surface area (Å²) in [6, 6.07) is 0. The molecule has 0 bridgehead atoms. The molecule has 2 saturated carbocycles. The third kappa shape index (κ3) is 2.04. The molecule has 3 aliphatic rings. The molecule has 22 heavy (non-hydrogen) atoms. The molecule has 0 aromatic carbocycles. The summed E-state index contributed by atoms with van der Waals surface area (Å²) in [5, 5.41) is 0. The molecule has 3 fully saturated rings. The number of Topliss-reactive ketones (excluding diaryl/α,β-unsaturated/α-hetero) is 2. The van der Waals surface area contributed by atoms with Crippen molar-refractivity contribution in [2.24, 2.45) is 16.7 Å². The number of carbonyl (C=O) groups is 2. The highest BCUT2D eigenvalue weighted by molar-refractivity contribution is 5.93. The molecule has 0 aromatic heterocycles. The second-order valence-corrected chi connectivity index (χ2v) is 7.99. The number of carbonyl (C=O) groups excluding carboxylic acids is 2. The molecule has 1 saturated heterocycles. The van der Waals surface area contributed by atoms with Crippen LogP contribution in [0, 0.1) is 16.7 Å². The SMILES string of the molecule is C=CC[C@@]1(C)C(=O)CC[C@@]2(C)C(=O)C[C@H]3OC(C)(C)O[C@@H]3[C@@H]12. The first-order chi connectivity index (χ1) is 10.1. The second kappa shape index (κ2) is 4.75. The Labute approximate surface area is 132 Å². The van der Waals surface area contributed by atoms with E-state index in [2.05, 4.69) is 6.58 Å². The Morgan fingerprint density at radius 3 is 2.50 bits per heavy atom. The molecule has 3 rings (SSSR count). The standard InChI is InChI=1S/C18H26O4/c1-6-8-17(4)12(19)7-9-18(5)13(20)10-11-14(15(17)18)22-16(2,3)21-11/h6,11,14-15H,1,7-10H2,2-5H3/t11-,14+,15+,17+,18+/m1/s1. The van der Waals surface area contributed by atoms with Crippen molar-refractivity contribution in [2.75, 3.05) is 0 Å². The zero-order valence-corrected chi connectivity index (χ0v) is 14.0. The van der Waals surface area contributed by atoms with Crippen molar-refractivity contribution in [3.05, 3.63) is 12.7 Å². The average molecular weight is 306 g/mol. The van der Waals surface area contributed by atoms with Crippen molar-refractivity contribution in [1.29, 1.82) is 0 Å². The highest BCUT2D eigenvalue weighted by Gasteiger charge is 2.65. The lowest BCUT2D eigenvalue weighted by molar-refractivity contribution is -0.178. The molecule has 0 radical (unpaired) electrons. The summed E-state index contributed by atoms with van der Waals surface area (Å²) in [5.41, 5.74) is -1.10. The van der Waals surface area contributed by atoms with Gasteiger partial charge >= 0.3 is 0 Å². The Balaban J connectivity index is 2.09. The van der Waals surface area contributed by atoms with Gasteiger partial charge in [-0.15, -0.1) is 6.58 Å². The lowest BCUT2D eigenvalue weighted by Gasteiger charge is -2.55. The number of rotatable bonds is 2. The maximum absolute atomic E-state index is 12.8. The van der Waals surface area contributed by atoms with Gasteiger partial charge in [0.1, 0.15) is 11.6 Å². The van der Waals surface area contributed by atoms with Crippen LogP contribution in [0.1, 0.15) is 53.4 Å². The van der Waals surface area contributed by atoms with Gasteiger partial charge in [-0.05, 0) is 26.7 Å². The molecule has 122 valence electrons. The van der Waals surface area contributed by atoms with Crippen molar-refractivity contribution in [3.8, 4) is 0 Å². The van der Waals surface area contributed by atoms with Gasteiger partial charge in [-0.25, -0.2) is 0 Å². The fourth-order valence-corrected chi connectivity index (χ4v) is 4.99. The third-order valence-electron chi connectivity index (χ3n) is 6.02. The Kier molecular flexibility index (Phi) is 3.43. The maximum Gasteiger partial charge on any atom is 0.163 e. The fourth-order valence-electron chi connectivity index (χ4n) is 4.99. The largest absolute Gasteiger partial charge is 0.344 e. The van der Waals surface area contributed by atoms with Crippen LogP contribution < -0.4 is 0 Å². The van der Waals surface area contributed by atoms with Crippen molar-refractivity contribution >= 4 is 11.6 Å². The predicted molar refractivity (Wildman–Crippen MR) is 82.2 cm³/mol. The lowest BCUT2D eigenvalue weighted by Crippen LogP contribution is -2.62. The highest BCUT2D eigenvalue weighted by atomic mass is 16.8. The van der Waals surface area contributed by atoms with Crippen LogP contribution >= 0.6 is 0 Å². The molecule has 1 aliphatic heterocycles. The zero-order chi connectivity index (χ0) is 16.3. The first-order valence-corrected chi connectivity index (χ1v) is 8.17. The Hall–Kier alpha value is -1.00. The minimum atomic E-state index is -0.698. The minimum absolute atomic E-state index is 0.146. The highest BCUT2D eigenvalue weighted by Crippen LogP contribution is 2.59.